The summed E-state index contributed by atoms with van der Waals surface area (Å²) in [5.74, 6) is 0.511. The first-order chi connectivity index (χ1) is 9.24. The molecule has 0 radical (unpaired) electrons. The van der Waals surface area contributed by atoms with Gasteiger partial charge < -0.3 is 10.2 Å². The largest absolute Gasteiger partial charge is 0.351 e. The summed E-state index contributed by atoms with van der Waals surface area (Å²) in [6, 6.07) is 4.42. The van der Waals surface area contributed by atoms with Crippen molar-refractivity contribution in [3.8, 4) is 0 Å². The van der Waals surface area contributed by atoms with Crippen LogP contribution in [-0.2, 0) is 0 Å². The Labute approximate surface area is 112 Å². The monoisotopic (exact) mass is 262 g/mol. The van der Waals surface area contributed by atoms with Gasteiger partial charge in [-0.25, -0.2) is 4.98 Å². The summed E-state index contributed by atoms with van der Waals surface area (Å²) in [6.45, 7) is 1.67. The molecule has 0 spiro atoms. The molecule has 2 aliphatic rings. The van der Waals surface area contributed by atoms with Crippen LogP contribution in [0.3, 0.4) is 0 Å². The number of pyridine rings is 1. The van der Waals surface area contributed by atoms with Gasteiger partial charge in [-0.1, -0.05) is 0 Å². The quantitative estimate of drug-likeness (QED) is 0.660. The van der Waals surface area contributed by atoms with Crippen LogP contribution in [0.4, 0.5) is 11.5 Å². The summed E-state index contributed by atoms with van der Waals surface area (Å²) in [5.41, 5.74) is 0.108. The Morgan fingerprint density at radius 1 is 1.26 bits per heavy atom. The first-order valence-electron chi connectivity index (χ1n) is 6.84. The summed E-state index contributed by atoms with van der Waals surface area (Å²) >= 11 is 0. The maximum absolute atomic E-state index is 11.0. The van der Waals surface area contributed by atoms with Gasteiger partial charge in [0.2, 0.25) is 5.82 Å². The van der Waals surface area contributed by atoms with E-state index in [1.807, 2.05) is 4.90 Å². The summed E-state index contributed by atoms with van der Waals surface area (Å²) in [5, 5.41) is 14.6. The van der Waals surface area contributed by atoms with Crippen LogP contribution in [-0.4, -0.2) is 35.1 Å². The first-order valence-corrected chi connectivity index (χ1v) is 6.84. The van der Waals surface area contributed by atoms with Crippen molar-refractivity contribution in [3.05, 3.63) is 28.4 Å². The Balaban J connectivity index is 1.65. The van der Waals surface area contributed by atoms with Crippen molar-refractivity contribution in [2.24, 2.45) is 0 Å². The van der Waals surface area contributed by atoms with Gasteiger partial charge in [0.05, 0.1) is 4.92 Å². The van der Waals surface area contributed by atoms with E-state index < -0.39 is 0 Å². The predicted molar refractivity (Wildman–Crippen MR) is 72.3 cm³/mol. The smallest absolute Gasteiger partial charge is 0.311 e. The molecule has 0 atom stereocenters. The van der Waals surface area contributed by atoms with Crippen molar-refractivity contribution in [2.45, 2.75) is 37.8 Å². The summed E-state index contributed by atoms with van der Waals surface area (Å²) in [6.07, 6.45) is 6.28. The maximum atomic E-state index is 11.0. The third-order valence-corrected chi connectivity index (χ3v) is 3.81. The summed E-state index contributed by atoms with van der Waals surface area (Å²) < 4.78 is 0. The number of hydrogen-bond donors (Lipinski definition) is 1. The first kappa shape index (κ1) is 12.3. The van der Waals surface area contributed by atoms with Crippen molar-refractivity contribution in [2.75, 3.05) is 18.0 Å². The molecule has 3 rings (SSSR count). The van der Waals surface area contributed by atoms with Gasteiger partial charge in [-0.3, -0.25) is 10.1 Å². The molecule has 1 aromatic heterocycles. The molecule has 6 nitrogen and oxygen atoms in total. The van der Waals surface area contributed by atoms with Gasteiger partial charge in [-0.2, -0.15) is 0 Å². The van der Waals surface area contributed by atoms with E-state index in [0.717, 1.165) is 32.0 Å². The van der Waals surface area contributed by atoms with Gasteiger partial charge in [0.1, 0.15) is 0 Å². The zero-order valence-electron chi connectivity index (χ0n) is 10.8. The van der Waals surface area contributed by atoms with Gasteiger partial charge in [0.15, 0.2) is 0 Å². The van der Waals surface area contributed by atoms with Crippen molar-refractivity contribution in [1.82, 2.24) is 10.3 Å². The lowest BCUT2D eigenvalue weighted by atomic mass is 10.0. The summed E-state index contributed by atoms with van der Waals surface area (Å²) in [7, 11) is 0. The minimum absolute atomic E-state index is 0.108. The molecule has 2 heterocycles. The molecule has 6 heteroatoms. The number of hydrogen-bond acceptors (Lipinski definition) is 5. The van der Waals surface area contributed by atoms with Crippen LogP contribution >= 0.6 is 0 Å². The minimum atomic E-state index is -0.350. The number of piperidine rings is 1. The van der Waals surface area contributed by atoms with Gasteiger partial charge in [-0.05, 0) is 31.7 Å². The second-order valence-electron chi connectivity index (χ2n) is 5.31. The molecule has 1 saturated carbocycles. The number of nitrogens with one attached hydrogen (secondary N) is 1. The SMILES string of the molecule is O=[N+]([O-])c1cccnc1N1CCC(NC2CC2)CC1. The molecule has 1 saturated heterocycles. The second-order valence-corrected chi connectivity index (χ2v) is 5.31. The van der Waals surface area contributed by atoms with Crippen LogP contribution in [0.2, 0.25) is 0 Å². The molecule has 1 N–H and O–H groups in total. The van der Waals surface area contributed by atoms with Crippen LogP contribution < -0.4 is 10.2 Å². The van der Waals surface area contributed by atoms with E-state index in [-0.39, 0.29) is 10.6 Å². The minimum Gasteiger partial charge on any atom is -0.351 e. The Morgan fingerprint density at radius 3 is 2.58 bits per heavy atom. The molecule has 0 aromatic carbocycles. The molecule has 0 bridgehead atoms. The highest BCUT2D eigenvalue weighted by atomic mass is 16.6. The number of nitrogens with zero attached hydrogens (tertiary/aromatic N) is 3. The highest BCUT2D eigenvalue weighted by Crippen LogP contribution is 2.28. The van der Waals surface area contributed by atoms with Crippen LogP contribution in [0.5, 0.6) is 0 Å². The predicted octanol–water partition coefficient (Wildman–Crippen LogP) is 1.71. The Kier molecular flexibility index (Phi) is 3.33. The lowest BCUT2D eigenvalue weighted by Crippen LogP contribution is -2.43. The van der Waals surface area contributed by atoms with Gasteiger partial charge in [0.25, 0.3) is 0 Å². The van der Waals surface area contributed by atoms with Crippen molar-refractivity contribution in [1.29, 1.82) is 0 Å². The number of anilines is 1. The van der Waals surface area contributed by atoms with E-state index in [1.54, 1.807) is 12.3 Å². The van der Waals surface area contributed by atoms with Gasteiger partial charge in [-0.15, -0.1) is 0 Å². The molecule has 19 heavy (non-hydrogen) atoms. The Morgan fingerprint density at radius 2 is 1.95 bits per heavy atom. The average Bonchev–Trinajstić information content (AvgIpc) is 3.23. The Bertz CT molecular complexity index is 467. The highest BCUT2D eigenvalue weighted by molar-refractivity contribution is 5.57. The second kappa shape index (κ2) is 5.13. The van der Waals surface area contributed by atoms with Crippen LogP contribution in [0.25, 0.3) is 0 Å². The molecule has 102 valence electrons. The third kappa shape index (κ3) is 2.84. The van der Waals surface area contributed by atoms with Crippen molar-refractivity contribution in [3.63, 3.8) is 0 Å². The normalized spacial score (nSPS) is 20.5. The molecule has 1 aromatic rings. The van der Waals surface area contributed by atoms with Crippen LogP contribution in [0.1, 0.15) is 25.7 Å². The molecule has 0 unspecified atom stereocenters. The zero-order chi connectivity index (χ0) is 13.2. The highest BCUT2D eigenvalue weighted by Gasteiger charge is 2.29. The summed E-state index contributed by atoms with van der Waals surface area (Å²) in [4.78, 5) is 16.9. The van der Waals surface area contributed by atoms with Crippen LogP contribution in [0, 0.1) is 10.1 Å². The molecule has 2 fully saturated rings. The fourth-order valence-corrected chi connectivity index (χ4v) is 2.62. The fraction of sp³-hybridized carbons (Fsp3) is 0.615. The maximum Gasteiger partial charge on any atom is 0.311 e. The lowest BCUT2D eigenvalue weighted by Gasteiger charge is -2.32. The van der Waals surface area contributed by atoms with E-state index in [0.29, 0.717) is 11.9 Å². The molecule has 0 amide bonds. The van der Waals surface area contributed by atoms with Crippen LogP contribution in [0.15, 0.2) is 18.3 Å². The zero-order valence-corrected chi connectivity index (χ0v) is 10.8. The standard InChI is InChI=1S/C13H18N4O2/c18-17(19)12-2-1-7-14-13(12)16-8-5-11(6-9-16)15-10-3-4-10/h1-2,7,10-11,15H,3-6,8-9H2. The van der Waals surface area contributed by atoms with Gasteiger partial charge in [0, 0.05) is 37.4 Å². The topological polar surface area (TPSA) is 71.3 Å². The molecule has 1 aliphatic heterocycles. The number of aromatic nitrogens is 1. The fourth-order valence-electron chi connectivity index (χ4n) is 2.62. The van der Waals surface area contributed by atoms with E-state index in [1.165, 1.54) is 18.9 Å². The lowest BCUT2D eigenvalue weighted by molar-refractivity contribution is -0.384. The Hall–Kier alpha value is -1.69. The average molecular weight is 262 g/mol. The number of nitro groups is 1. The third-order valence-electron chi connectivity index (χ3n) is 3.81. The van der Waals surface area contributed by atoms with E-state index in [4.69, 9.17) is 0 Å². The van der Waals surface area contributed by atoms with E-state index in [2.05, 4.69) is 10.3 Å². The van der Waals surface area contributed by atoms with Crippen molar-refractivity contribution >= 4 is 11.5 Å². The van der Waals surface area contributed by atoms with Crippen molar-refractivity contribution < 1.29 is 4.92 Å². The van der Waals surface area contributed by atoms with E-state index >= 15 is 0 Å². The molecular weight excluding hydrogens is 244 g/mol. The molecular formula is C13H18N4O2. The number of rotatable bonds is 4. The molecule has 1 aliphatic carbocycles. The van der Waals surface area contributed by atoms with Gasteiger partial charge >= 0.3 is 5.69 Å². The van der Waals surface area contributed by atoms with E-state index in [9.17, 15) is 10.1 Å².